The number of nitrogens with two attached hydrogens (primary N) is 1. The van der Waals surface area contributed by atoms with Gasteiger partial charge < -0.3 is 10.7 Å². The van der Waals surface area contributed by atoms with Crippen molar-refractivity contribution in [3.63, 3.8) is 0 Å². The van der Waals surface area contributed by atoms with E-state index in [0.29, 0.717) is 27.5 Å². The SMILES string of the molecule is Cc1c(-c2nccs2)cnc2c(-c3ccc(F)c4[nH]ncc34)c(N)c(=O)[nH]c12. The summed E-state index contributed by atoms with van der Waals surface area (Å²) >= 11 is 1.49. The normalized spacial score (nSPS) is 11.5. The first-order chi connectivity index (χ1) is 13.6. The maximum absolute atomic E-state index is 14.1. The van der Waals surface area contributed by atoms with Gasteiger partial charge >= 0.3 is 0 Å². The maximum atomic E-state index is 14.1. The fourth-order valence-electron chi connectivity index (χ4n) is 3.43. The van der Waals surface area contributed by atoms with Gasteiger partial charge in [-0.3, -0.25) is 14.9 Å². The van der Waals surface area contributed by atoms with Gasteiger partial charge in [0.05, 0.1) is 17.2 Å². The molecule has 5 aromatic rings. The molecule has 28 heavy (non-hydrogen) atoms. The molecule has 4 aromatic heterocycles. The molecule has 0 unspecified atom stereocenters. The van der Waals surface area contributed by atoms with Crippen LogP contribution in [0.1, 0.15) is 5.56 Å². The summed E-state index contributed by atoms with van der Waals surface area (Å²) in [6.45, 7) is 1.90. The fraction of sp³-hybridized carbons (Fsp3) is 0.0526. The molecule has 0 fully saturated rings. The average Bonchev–Trinajstić information content (AvgIpc) is 3.37. The molecule has 138 valence electrons. The monoisotopic (exact) mass is 392 g/mol. The Hall–Kier alpha value is -3.59. The van der Waals surface area contributed by atoms with Crippen molar-refractivity contribution in [1.82, 2.24) is 25.1 Å². The highest BCUT2D eigenvalue weighted by molar-refractivity contribution is 7.13. The fourth-order valence-corrected chi connectivity index (χ4v) is 4.14. The van der Waals surface area contributed by atoms with Gasteiger partial charge in [-0.05, 0) is 24.1 Å². The lowest BCUT2D eigenvalue weighted by Gasteiger charge is -2.13. The number of nitrogens with one attached hydrogen (secondary N) is 2. The van der Waals surface area contributed by atoms with Gasteiger partial charge in [-0.2, -0.15) is 5.10 Å². The van der Waals surface area contributed by atoms with Crippen LogP contribution in [0.15, 0.2) is 40.9 Å². The summed E-state index contributed by atoms with van der Waals surface area (Å²) in [5, 5.41) is 9.79. The predicted octanol–water partition coefficient (Wildman–Crippen LogP) is 3.62. The lowest BCUT2D eigenvalue weighted by Crippen LogP contribution is -2.15. The molecular weight excluding hydrogens is 379 g/mol. The Labute approximate surface area is 161 Å². The van der Waals surface area contributed by atoms with Crippen LogP contribution in [-0.2, 0) is 0 Å². The summed E-state index contributed by atoms with van der Waals surface area (Å²) in [6, 6.07) is 2.91. The van der Waals surface area contributed by atoms with Crippen molar-refractivity contribution < 1.29 is 4.39 Å². The van der Waals surface area contributed by atoms with Crippen LogP contribution in [0.5, 0.6) is 0 Å². The van der Waals surface area contributed by atoms with Gasteiger partial charge in [-0.25, -0.2) is 9.37 Å². The Morgan fingerprint density at radius 2 is 2.00 bits per heavy atom. The number of fused-ring (bicyclic) bond motifs is 2. The third kappa shape index (κ3) is 2.26. The highest BCUT2D eigenvalue weighted by atomic mass is 32.1. The van der Waals surface area contributed by atoms with Crippen molar-refractivity contribution in [3.05, 3.63) is 57.8 Å². The van der Waals surface area contributed by atoms with Crippen LogP contribution >= 0.6 is 11.3 Å². The number of aromatic amines is 2. The summed E-state index contributed by atoms with van der Waals surface area (Å²) in [5.41, 5.74) is 9.81. The number of benzene rings is 1. The molecule has 0 bridgehead atoms. The zero-order valence-electron chi connectivity index (χ0n) is 14.6. The molecule has 4 heterocycles. The molecule has 0 aliphatic heterocycles. The number of nitrogen functional groups attached to an aromatic ring is 1. The number of aryl methyl sites for hydroxylation is 1. The van der Waals surface area contributed by atoms with Crippen LogP contribution in [0.3, 0.4) is 0 Å². The van der Waals surface area contributed by atoms with E-state index in [0.717, 1.165) is 16.1 Å². The second-order valence-corrected chi connectivity index (χ2v) is 7.25. The predicted molar refractivity (Wildman–Crippen MR) is 108 cm³/mol. The van der Waals surface area contributed by atoms with E-state index in [9.17, 15) is 9.18 Å². The van der Waals surface area contributed by atoms with Gasteiger partial charge in [-0.1, -0.05) is 6.07 Å². The molecule has 0 saturated carbocycles. The number of aromatic nitrogens is 5. The van der Waals surface area contributed by atoms with Crippen molar-refractivity contribution in [2.45, 2.75) is 6.92 Å². The zero-order chi connectivity index (χ0) is 19.4. The largest absolute Gasteiger partial charge is 0.394 e. The van der Waals surface area contributed by atoms with Gasteiger partial charge in [0.25, 0.3) is 5.56 Å². The number of halogens is 1. The van der Waals surface area contributed by atoms with E-state index in [-0.39, 0.29) is 11.2 Å². The Morgan fingerprint density at radius 3 is 2.79 bits per heavy atom. The third-order valence-electron chi connectivity index (χ3n) is 4.82. The van der Waals surface area contributed by atoms with Gasteiger partial charge in [-0.15, -0.1) is 11.3 Å². The Kier molecular flexibility index (Phi) is 3.53. The molecule has 0 atom stereocenters. The first-order valence-corrected chi connectivity index (χ1v) is 9.27. The number of anilines is 1. The van der Waals surface area contributed by atoms with Crippen molar-refractivity contribution in [2.24, 2.45) is 0 Å². The quantitative estimate of drug-likeness (QED) is 0.425. The van der Waals surface area contributed by atoms with Crippen LogP contribution in [0.4, 0.5) is 10.1 Å². The summed E-state index contributed by atoms with van der Waals surface area (Å²) in [5.74, 6) is -0.431. The van der Waals surface area contributed by atoms with Crippen LogP contribution in [0, 0.1) is 12.7 Å². The molecule has 0 aliphatic carbocycles. The highest BCUT2D eigenvalue weighted by Crippen LogP contribution is 2.37. The minimum absolute atomic E-state index is 0.0236. The Bertz CT molecular complexity index is 1420. The van der Waals surface area contributed by atoms with Crippen molar-refractivity contribution in [3.8, 4) is 21.7 Å². The molecule has 4 N–H and O–H groups in total. The van der Waals surface area contributed by atoms with E-state index in [1.165, 1.54) is 23.6 Å². The smallest absolute Gasteiger partial charge is 0.272 e. The lowest BCUT2D eigenvalue weighted by molar-refractivity contribution is 0.636. The van der Waals surface area contributed by atoms with Crippen LogP contribution in [0.2, 0.25) is 0 Å². The third-order valence-corrected chi connectivity index (χ3v) is 5.63. The number of thiazole rings is 1. The maximum Gasteiger partial charge on any atom is 0.272 e. The number of pyridine rings is 2. The number of hydrogen-bond acceptors (Lipinski definition) is 6. The molecule has 0 saturated heterocycles. The standard InChI is InChI=1S/C19H13FN6OS/c1-8-10(19-22-4-5-28-19)6-23-17-13(14(21)18(27)25-15(8)17)9-2-3-12(20)16-11(9)7-24-26-16/h2-7H,21H2,1H3,(H,24,26)(H,25,27). The minimum Gasteiger partial charge on any atom is -0.394 e. The minimum atomic E-state index is -0.431. The number of nitrogens with zero attached hydrogens (tertiary/aromatic N) is 3. The van der Waals surface area contributed by atoms with Gasteiger partial charge in [0.1, 0.15) is 22.0 Å². The van der Waals surface area contributed by atoms with Crippen LogP contribution in [0.25, 0.3) is 43.6 Å². The summed E-state index contributed by atoms with van der Waals surface area (Å²) in [4.78, 5) is 24.3. The Balaban J connectivity index is 1.90. The molecule has 7 nitrogen and oxygen atoms in total. The van der Waals surface area contributed by atoms with Gasteiger partial charge in [0.15, 0.2) is 0 Å². The van der Waals surface area contributed by atoms with Crippen molar-refractivity contribution >= 4 is 39.0 Å². The van der Waals surface area contributed by atoms with Crippen molar-refractivity contribution in [1.29, 1.82) is 0 Å². The first kappa shape index (κ1) is 16.6. The van der Waals surface area contributed by atoms with E-state index in [2.05, 4.69) is 25.1 Å². The summed E-state index contributed by atoms with van der Waals surface area (Å²) in [7, 11) is 0. The van der Waals surface area contributed by atoms with Gasteiger partial charge in [0, 0.05) is 34.3 Å². The van der Waals surface area contributed by atoms with E-state index in [1.807, 2.05) is 12.3 Å². The van der Waals surface area contributed by atoms with E-state index in [1.54, 1.807) is 18.5 Å². The molecule has 1 aromatic carbocycles. The highest BCUT2D eigenvalue weighted by Gasteiger charge is 2.20. The molecule has 0 amide bonds. The zero-order valence-corrected chi connectivity index (χ0v) is 15.4. The number of H-pyrrole nitrogens is 2. The molecule has 9 heteroatoms. The molecular formula is C19H13FN6OS. The van der Waals surface area contributed by atoms with E-state index in [4.69, 9.17) is 5.73 Å². The molecule has 0 spiro atoms. The second kappa shape index (κ2) is 5.96. The first-order valence-electron chi connectivity index (χ1n) is 8.39. The average molecular weight is 392 g/mol. The second-order valence-electron chi connectivity index (χ2n) is 6.35. The molecule has 0 aliphatic rings. The van der Waals surface area contributed by atoms with E-state index < -0.39 is 11.4 Å². The molecule has 0 radical (unpaired) electrons. The number of rotatable bonds is 2. The lowest BCUT2D eigenvalue weighted by atomic mass is 9.97. The Morgan fingerprint density at radius 1 is 1.14 bits per heavy atom. The van der Waals surface area contributed by atoms with E-state index >= 15 is 0 Å². The number of hydrogen-bond donors (Lipinski definition) is 3. The summed E-state index contributed by atoms with van der Waals surface area (Å²) in [6.07, 6.45) is 4.94. The summed E-state index contributed by atoms with van der Waals surface area (Å²) < 4.78 is 14.1. The molecule has 5 rings (SSSR count). The van der Waals surface area contributed by atoms with Crippen LogP contribution < -0.4 is 11.3 Å². The van der Waals surface area contributed by atoms with Gasteiger partial charge in [0.2, 0.25) is 0 Å². The van der Waals surface area contributed by atoms with Crippen LogP contribution in [-0.4, -0.2) is 25.1 Å². The van der Waals surface area contributed by atoms with Crippen molar-refractivity contribution in [2.75, 3.05) is 5.73 Å². The topological polar surface area (TPSA) is 113 Å².